The van der Waals surface area contributed by atoms with E-state index in [0.29, 0.717) is 34.5 Å². The van der Waals surface area contributed by atoms with Crippen molar-refractivity contribution in [3.63, 3.8) is 0 Å². The molecule has 8 heteroatoms. The van der Waals surface area contributed by atoms with E-state index < -0.39 is 5.97 Å². The minimum atomic E-state index is -0.964. The Bertz CT molecular complexity index is 1250. The number of halogens is 1. The summed E-state index contributed by atoms with van der Waals surface area (Å²) in [6.07, 6.45) is 2.14. The van der Waals surface area contributed by atoms with Gasteiger partial charge in [0.1, 0.15) is 18.5 Å². The molecule has 2 aromatic rings. The number of carboxylic acid groups (broad SMARTS) is 1. The Hall–Kier alpha value is -3.33. The summed E-state index contributed by atoms with van der Waals surface area (Å²) in [6.45, 7) is 15.7. The third-order valence-corrected chi connectivity index (χ3v) is 7.49. The first-order chi connectivity index (χ1) is 18.0. The molecular weight excluding hydrogens is 548 g/mol. The SMILES string of the molecule is [C-]#[N+]c1ccc(OC2C(C)(C)C(NC(=O)c3ccc(C#CCCCCOCC(=O)O)cc3)C2(C)C)cc1Br. The molecule has 200 valence electrons. The van der Waals surface area contributed by atoms with Crippen LogP contribution < -0.4 is 10.1 Å². The van der Waals surface area contributed by atoms with E-state index in [1.54, 1.807) is 24.3 Å². The molecule has 1 fully saturated rings. The van der Waals surface area contributed by atoms with Crippen molar-refractivity contribution in [2.75, 3.05) is 13.2 Å². The fourth-order valence-electron chi connectivity index (χ4n) is 5.25. The van der Waals surface area contributed by atoms with E-state index >= 15 is 0 Å². The average Bonchev–Trinajstić information content (AvgIpc) is 2.87. The standard InChI is InChI=1S/C30H33BrN2O5/c1-29(2)27(30(3,4)28(29)38-22-15-16-24(32-5)23(31)18-22)33-26(36)21-13-11-20(12-14-21)10-8-6-7-9-17-37-19-25(34)35/h11-16,18,27-28H,6-7,9,17,19H2,1-4H3,(H,33,36)(H,34,35). The number of carbonyl (C=O) groups excluding carboxylic acids is 1. The largest absolute Gasteiger partial charge is 0.489 e. The van der Waals surface area contributed by atoms with Crippen LogP contribution in [0, 0.1) is 29.2 Å². The molecule has 0 unspecified atom stereocenters. The molecule has 1 saturated carbocycles. The summed E-state index contributed by atoms with van der Waals surface area (Å²) in [5.41, 5.74) is 1.31. The zero-order chi connectivity index (χ0) is 27.9. The summed E-state index contributed by atoms with van der Waals surface area (Å²) in [5, 5.41) is 11.7. The van der Waals surface area contributed by atoms with Crippen molar-refractivity contribution < 1.29 is 24.2 Å². The maximum atomic E-state index is 13.1. The fraction of sp³-hybridized carbons (Fsp3) is 0.433. The highest BCUT2D eigenvalue weighted by Crippen LogP contribution is 2.55. The Morgan fingerprint density at radius 3 is 2.39 bits per heavy atom. The summed E-state index contributed by atoms with van der Waals surface area (Å²) < 4.78 is 12.0. The van der Waals surface area contributed by atoms with Crippen LogP contribution in [0.25, 0.3) is 4.85 Å². The van der Waals surface area contributed by atoms with Crippen LogP contribution in [0.2, 0.25) is 0 Å². The average molecular weight is 582 g/mol. The van der Waals surface area contributed by atoms with Crippen LogP contribution >= 0.6 is 15.9 Å². The molecule has 0 atom stereocenters. The Morgan fingerprint density at radius 1 is 1.11 bits per heavy atom. The van der Waals surface area contributed by atoms with Crippen molar-refractivity contribution in [3.8, 4) is 17.6 Å². The number of hydrogen-bond donors (Lipinski definition) is 2. The third-order valence-electron chi connectivity index (χ3n) is 6.85. The van der Waals surface area contributed by atoms with Crippen LogP contribution in [0.4, 0.5) is 5.69 Å². The van der Waals surface area contributed by atoms with E-state index in [0.717, 1.165) is 18.4 Å². The number of amides is 1. The molecule has 0 aromatic heterocycles. The Kier molecular flexibility index (Phi) is 9.60. The molecule has 2 aromatic carbocycles. The molecule has 0 radical (unpaired) electrons. The quantitative estimate of drug-likeness (QED) is 0.197. The Morgan fingerprint density at radius 2 is 1.79 bits per heavy atom. The second kappa shape index (κ2) is 12.5. The molecule has 3 rings (SSSR count). The van der Waals surface area contributed by atoms with Gasteiger partial charge in [0.05, 0.1) is 6.57 Å². The van der Waals surface area contributed by atoms with Gasteiger partial charge in [0.15, 0.2) is 0 Å². The second-order valence-electron chi connectivity index (χ2n) is 10.6. The zero-order valence-corrected chi connectivity index (χ0v) is 23.7. The number of aliphatic carboxylic acids is 1. The molecule has 0 saturated heterocycles. The van der Waals surface area contributed by atoms with Gasteiger partial charge in [-0.2, -0.15) is 0 Å². The van der Waals surface area contributed by atoms with Gasteiger partial charge in [-0.25, -0.2) is 9.64 Å². The van der Waals surface area contributed by atoms with Crippen LogP contribution in [-0.2, 0) is 9.53 Å². The van der Waals surface area contributed by atoms with Crippen LogP contribution in [0.3, 0.4) is 0 Å². The summed E-state index contributed by atoms with van der Waals surface area (Å²) in [5.74, 6) is 5.78. The van der Waals surface area contributed by atoms with Crippen molar-refractivity contribution in [1.29, 1.82) is 0 Å². The lowest BCUT2D eigenvalue weighted by Crippen LogP contribution is -2.74. The van der Waals surface area contributed by atoms with E-state index in [1.165, 1.54) is 0 Å². The number of benzene rings is 2. The van der Waals surface area contributed by atoms with Gasteiger partial charge < -0.3 is 19.9 Å². The first-order valence-corrected chi connectivity index (χ1v) is 13.3. The van der Waals surface area contributed by atoms with Gasteiger partial charge in [-0.05, 0) is 49.2 Å². The molecule has 0 bridgehead atoms. The number of nitrogens with zero attached hydrogens (tertiary/aromatic N) is 1. The molecule has 2 N–H and O–H groups in total. The van der Waals surface area contributed by atoms with Gasteiger partial charge in [0.25, 0.3) is 5.91 Å². The van der Waals surface area contributed by atoms with Crippen LogP contribution in [0.5, 0.6) is 5.75 Å². The van der Waals surface area contributed by atoms with E-state index in [1.807, 2.05) is 18.2 Å². The number of ether oxygens (including phenoxy) is 2. The number of carbonyl (C=O) groups is 2. The summed E-state index contributed by atoms with van der Waals surface area (Å²) in [6, 6.07) is 12.5. The lowest BCUT2D eigenvalue weighted by atomic mass is 9.49. The van der Waals surface area contributed by atoms with Crippen molar-refractivity contribution in [2.45, 2.75) is 59.1 Å². The number of rotatable bonds is 10. The van der Waals surface area contributed by atoms with Crippen LogP contribution in [0.1, 0.15) is 62.9 Å². The van der Waals surface area contributed by atoms with Gasteiger partial charge in [-0.3, -0.25) is 4.79 Å². The second-order valence-corrected chi connectivity index (χ2v) is 11.4. The van der Waals surface area contributed by atoms with Crippen molar-refractivity contribution >= 4 is 33.5 Å². The van der Waals surface area contributed by atoms with Crippen molar-refractivity contribution in [2.24, 2.45) is 10.8 Å². The molecule has 0 heterocycles. The number of carboxylic acids is 1. The van der Waals surface area contributed by atoms with E-state index in [2.05, 4.69) is 65.6 Å². The van der Waals surface area contributed by atoms with Gasteiger partial charge >= 0.3 is 5.97 Å². The number of nitrogens with one attached hydrogen (secondary N) is 1. The highest BCUT2D eigenvalue weighted by molar-refractivity contribution is 9.10. The first kappa shape index (κ1) is 29.2. The third kappa shape index (κ3) is 6.95. The molecule has 1 aliphatic rings. The van der Waals surface area contributed by atoms with Gasteiger partial charge in [0.2, 0.25) is 5.69 Å². The van der Waals surface area contributed by atoms with Gasteiger partial charge in [-0.1, -0.05) is 61.5 Å². The number of hydrogen-bond acceptors (Lipinski definition) is 4. The summed E-state index contributed by atoms with van der Waals surface area (Å²) >= 11 is 3.42. The van der Waals surface area contributed by atoms with Gasteiger partial charge in [0, 0.05) is 45.5 Å². The molecule has 0 aliphatic heterocycles. The highest BCUT2D eigenvalue weighted by Gasteiger charge is 2.64. The maximum Gasteiger partial charge on any atom is 0.329 e. The fourth-order valence-corrected chi connectivity index (χ4v) is 5.69. The molecular formula is C30H33BrN2O5. The van der Waals surface area contributed by atoms with E-state index in [4.69, 9.17) is 21.2 Å². The lowest BCUT2D eigenvalue weighted by molar-refractivity contribution is -0.164. The first-order valence-electron chi connectivity index (χ1n) is 12.5. The zero-order valence-electron chi connectivity index (χ0n) is 22.1. The predicted octanol–water partition coefficient (Wildman–Crippen LogP) is 6.23. The molecule has 0 spiro atoms. The summed E-state index contributed by atoms with van der Waals surface area (Å²) in [7, 11) is 0. The molecule has 1 amide bonds. The van der Waals surface area contributed by atoms with Crippen LogP contribution in [0.15, 0.2) is 46.9 Å². The minimum Gasteiger partial charge on any atom is -0.489 e. The topological polar surface area (TPSA) is 89.2 Å². The van der Waals surface area contributed by atoms with Crippen molar-refractivity contribution in [3.05, 3.63) is 69.5 Å². The van der Waals surface area contributed by atoms with Crippen LogP contribution in [-0.4, -0.2) is 42.3 Å². The van der Waals surface area contributed by atoms with Crippen molar-refractivity contribution in [1.82, 2.24) is 5.32 Å². The number of unbranched alkanes of at least 4 members (excludes halogenated alkanes) is 2. The van der Waals surface area contributed by atoms with Gasteiger partial charge in [-0.15, -0.1) is 0 Å². The monoisotopic (exact) mass is 580 g/mol. The predicted molar refractivity (Wildman–Crippen MR) is 149 cm³/mol. The molecule has 7 nitrogen and oxygen atoms in total. The van der Waals surface area contributed by atoms with E-state index in [9.17, 15) is 9.59 Å². The maximum absolute atomic E-state index is 13.1. The molecule has 1 aliphatic carbocycles. The lowest BCUT2D eigenvalue weighted by Gasteiger charge is -2.63. The Balaban J connectivity index is 1.54. The molecule has 38 heavy (non-hydrogen) atoms. The Labute approximate surface area is 232 Å². The van der Waals surface area contributed by atoms with E-state index in [-0.39, 0.29) is 35.5 Å². The minimum absolute atomic E-state index is 0.0996. The highest BCUT2D eigenvalue weighted by atomic mass is 79.9. The summed E-state index contributed by atoms with van der Waals surface area (Å²) in [4.78, 5) is 26.9. The smallest absolute Gasteiger partial charge is 0.329 e. The normalized spacial score (nSPS) is 18.7.